The molecule has 1 aromatic heterocycles. The molecule has 2 aromatic rings. The third-order valence-electron chi connectivity index (χ3n) is 4.83. The number of pyridine rings is 1. The van der Waals surface area contributed by atoms with E-state index in [-0.39, 0.29) is 5.91 Å². The van der Waals surface area contributed by atoms with Crippen molar-refractivity contribution in [1.29, 1.82) is 0 Å². The zero-order chi connectivity index (χ0) is 19.2. The summed E-state index contributed by atoms with van der Waals surface area (Å²) in [6, 6.07) is 12.5. The number of carbonyl (C=O) groups excluding carboxylic acids is 1. The first-order valence-corrected chi connectivity index (χ1v) is 9.48. The maximum absolute atomic E-state index is 12.2. The van der Waals surface area contributed by atoms with Crippen LogP contribution in [0.15, 0.2) is 42.6 Å². The van der Waals surface area contributed by atoms with E-state index < -0.39 is 0 Å². The van der Waals surface area contributed by atoms with Crippen LogP contribution in [-0.2, 0) is 0 Å². The van der Waals surface area contributed by atoms with Crippen LogP contribution in [-0.4, -0.2) is 69.2 Å². The van der Waals surface area contributed by atoms with Crippen molar-refractivity contribution in [2.75, 3.05) is 63.2 Å². The minimum Gasteiger partial charge on any atom is -0.368 e. The largest absolute Gasteiger partial charge is 0.368 e. The van der Waals surface area contributed by atoms with Crippen LogP contribution >= 0.6 is 0 Å². The Morgan fingerprint density at radius 1 is 1.11 bits per heavy atom. The molecule has 1 aliphatic rings. The highest BCUT2D eigenvalue weighted by molar-refractivity contribution is 5.94. The molecule has 0 spiro atoms. The van der Waals surface area contributed by atoms with Gasteiger partial charge in [-0.25, -0.2) is 4.98 Å². The summed E-state index contributed by atoms with van der Waals surface area (Å²) in [7, 11) is 3.97. The highest BCUT2D eigenvalue weighted by atomic mass is 16.1. The number of hydrogen-bond donors (Lipinski definition) is 1. The summed E-state index contributed by atoms with van der Waals surface area (Å²) in [5.74, 6) is 0.865. The molecule has 1 saturated heterocycles. The lowest BCUT2D eigenvalue weighted by molar-refractivity contribution is 0.0950. The number of anilines is 2. The second kappa shape index (κ2) is 8.86. The van der Waals surface area contributed by atoms with E-state index in [1.807, 2.05) is 31.1 Å². The fourth-order valence-electron chi connectivity index (χ4n) is 3.22. The van der Waals surface area contributed by atoms with Crippen molar-refractivity contribution in [3.05, 3.63) is 53.7 Å². The maximum Gasteiger partial charge on any atom is 0.252 e. The number of nitrogens with zero attached hydrogens (tertiary/aromatic N) is 4. The van der Waals surface area contributed by atoms with E-state index in [4.69, 9.17) is 0 Å². The van der Waals surface area contributed by atoms with Gasteiger partial charge in [0.15, 0.2) is 0 Å². The molecule has 0 unspecified atom stereocenters. The van der Waals surface area contributed by atoms with Crippen LogP contribution in [0, 0.1) is 6.92 Å². The molecule has 1 amide bonds. The van der Waals surface area contributed by atoms with Crippen molar-refractivity contribution in [2.24, 2.45) is 0 Å². The molecule has 144 valence electrons. The quantitative estimate of drug-likeness (QED) is 0.846. The lowest BCUT2D eigenvalue weighted by Gasteiger charge is -2.36. The summed E-state index contributed by atoms with van der Waals surface area (Å²) >= 11 is 0. The molecule has 1 N–H and O–H groups in total. The number of benzene rings is 1. The van der Waals surface area contributed by atoms with Gasteiger partial charge < -0.3 is 20.0 Å². The molecule has 6 heteroatoms. The number of aryl methyl sites for hydroxylation is 1. The fraction of sp³-hybridized carbons (Fsp3) is 0.429. The number of amides is 1. The van der Waals surface area contributed by atoms with Gasteiger partial charge in [0.25, 0.3) is 5.91 Å². The lowest BCUT2D eigenvalue weighted by Crippen LogP contribution is -2.46. The average Bonchev–Trinajstić information content (AvgIpc) is 2.68. The highest BCUT2D eigenvalue weighted by Gasteiger charge is 2.18. The van der Waals surface area contributed by atoms with E-state index in [2.05, 4.69) is 51.3 Å². The summed E-state index contributed by atoms with van der Waals surface area (Å²) in [6.45, 7) is 7.37. The molecule has 0 radical (unpaired) electrons. The molecule has 1 fully saturated rings. The van der Waals surface area contributed by atoms with Gasteiger partial charge in [-0.15, -0.1) is 0 Å². The van der Waals surface area contributed by atoms with Gasteiger partial charge in [0, 0.05) is 51.2 Å². The van der Waals surface area contributed by atoms with Crippen LogP contribution in [0.2, 0.25) is 0 Å². The predicted molar refractivity (Wildman–Crippen MR) is 111 cm³/mol. The number of piperazine rings is 1. The SMILES string of the molecule is Cc1cccc(N2CCN(c3ccc(C(=O)NCCN(C)C)cn3)CC2)c1. The predicted octanol–water partition coefficient (Wildman–Crippen LogP) is 2.01. The molecule has 0 saturated carbocycles. The first kappa shape index (κ1) is 19.2. The molecule has 2 heterocycles. The van der Waals surface area contributed by atoms with Crippen molar-refractivity contribution < 1.29 is 4.79 Å². The Bertz CT molecular complexity index is 751. The Morgan fingerprint density at radius 3 is 2.48 bits per heavy atom. The summed E-state index contributed by atoms with van der Waals surface area (Å²) in [6.07, 6.45) is 1.67. The molecule has 6 nitrogen and oxygen atoms in total. The van der Waals surface area contributed by atoms with Crippen molar-refractivity contribution in [2.45, 2.75) is 6.92 Å². The monoisotopic (exact) mass is 367 g/mol. The third-order valence-corrected chi connectivity index (χ3v) is 4.83. The van der Waals surface area contributed by atoms with Gasteiger partial charge >= 0.3 is 0 Å². The minimum atomic E-state index is -0.0693. The molecular formula is C21H29N5O. The number of nitrogens with one attached hydrogen (secondary N) is 1. The van der Waals surface area contributed by atoms with Gasteiger partial charge in [0.2, 0.25) is 0 Å². The van der Waals surface area contributed by atoms with Crippen LogP contribution in [0.4, 0.5) is 11.5 Å². The molecule has 0 aliphatic carbocycles. The number of aromatic nitrogens is 1. The first-order valence-electron chi connectivity index (χ1n) is 9.48. The van der Waals surface area contributed by atoms with Gasteiger partial charge in [0.05, 0.1) is 5.56 Å². The van der Waals surface area contributed by atoms with E-state index in [0.717, 1.165) is 38.5 Å². The molecular weight excluding hydrogens is 338 g/mol. The van der Waals surface area contributed by atoms with Gasteiger partial charge in [-0.3, -0.25) is 4.79 Å². The number of carbonyl (C=O) groups is 1. The van der Waals surface area contributed by atoms with E-state index in [1.54, 1.807) is 6.20 Å². The number of likely N-dealkylation sites (N-methyl/N-ethyl adjacent to an activating group) is 1. The normalized spacial score (nSPS) is 14.5. The van der Waals surface area contributed by atoms with Crippen molar-refractivity contribution in [3.8, 4) is 0 Å². The van der Waals surface area contributed by atoms with E-state index >= 15 is 0 Å². The topological polar surface area (TPSA) is 51.7 Å². The Hall–Kier alpha value is -2.60. The molecule has 1 aromatic carbocycles. The third kappa shape index (κ3) is 5.20. The second-order valence-corrected chi connectivity index (χ2v) is 7.28. The lowest BCUT2D eigenvalue weighted by atomic mass is 10.2. The first-order chi connectivity index (χ1) is 13.0. The summed E-state index contributed by atoms with van der Waals surface area (Å²) in [5, 5.41) is 2.92. The van der Waals surface area contributed by atoms with Crippen molar-refractivity contribution in [3.63, 3.8) is 0 Å². The Labute approximate surface area is 161 Å². The van der Waals surface area contributed by atoms with Crippen LogP contribution in [0.25, 0.3) is 0 Å². The van der Waals surface area contributed by atoms with Crippen molar-refractivity contribution in [1.82, 2.24) is 15.2 Å². The second-order valence-electron chi connectivity index (χ2n) is 7.28. The summed E-state index contributed by atoms with van der Waals surface area (Å²) in [4.78, 5) is 23.4. The van der Waals surface area contributed by atoms with E-state index in [0.29, 0.717) is 12.1 Å². The number of rotatable bonds is 6. The Balaban J connectivity index is 1.53. The smallest absolute Gasteiger partial charge is 0.252 e. The average molecular weight is 367 g/mol. The van der Waals surface area contributed by atoms with Gasteiger partial charge in [-0.1, -0.05) is 12.1 Å². The summed E-state index contributed by atoms with van der Waals surface area (Å²) < 4.78 is 0. The fourth-order valence-corrected chi connectivity index (χ4v) is 3.22. The molecule has 27 heavy (non-hydrogen) atoms. The van der Waals surface area contributed by atoms with Gasteiger partial charge in [-0.05, 0) is 50.8 Å². The molecule has 0 atom stereocenters. The molecule has 1 aliphatic heterocycles. The highest BCUT2D eigenvalue weighted by Crippen LogP contribution is 2.20. The van der Waals surface area contributed by atoms with Crippen LogP contribution in [0.5, 0.6) is 0 Å². The summed E-state index contributed by atoms with van der Waals surface area (Å²) in [5.41, 5.74) is 3.18. The van der Waals surface area contributed by atoms with E-state index in [1.165, 1.54) is 11.3 Å². The van der Waals surface area contributed by atoms with Gasteiger partial charge in [-0.2, -0.15) is 0 Å². The zero-order valence-corrected chi connectivity index (χ0v) is 16.5. The van der Waals surface area contributed by atoms with Crippen LogP contribution in [0.3, 0.4) is 0 Å². The molecule has 3 rings (SSSR count). The van der Waals surface area contributed by atoms with Gasteiger partial charge in [0.1, 0.15) is 5.82 Å². The maximum atomic E-state index is 12.2. The van der Waals surface area contributed by atoms with Crippen LogP contribution in [0.1, 0.15) is 15.9 Å². The number of hydrogen-bond acceptors (Lipinski definition) is 5. The standard InChI is InChI=1S/C21H29N5O/c1-17-5-4-6-19(15-17)25-11-13-26(14-12-25)20-8-7-18(16-23-20)21(27)22-9-10-24(2)3/h4-8,15-16H,9-14H2,1-3H3,(H,22,27). The van der Waals surface area contributed by atoms with E-state index in [9.17, 15) is 4.79 Å². The zero-order valence-electron chi connectivity index (χ0n) is 16.5. The molecule has 0 bridgehead atoms. The van der Waals surface area contributed by atoms with Crippen LogP contribution < -0.4 is 15.1 Å². The Kier molecular flexibility index (Phi) is 6.29. The minimum absolute atomic E-state index is 0.0693. The van der Waals surface area contributed by atoms with Crippen molar-refractivity contribution >= 4 is 17.4 Å². The Morgan fingerprint density at radius 2 is 1.85 bits per heavy atom.